The molecule has 0 saturated heterocycles. The number of unbranched alkanes of at least 4 members (excludes halogenated alkanes) is 1. The zero-order valence-electron chi connectivity index (χ0n) is 15.8. The fourth-order valence-electron chi connectivity index (χ4n) is 3.36. The number of carbonyl (C=O) groups is 1. The zero-order valence-corrected chi connectivity index (χ0v) is 16.6. The minimum Gasteiger partial charge on any atom is -0.340 e. The summed E-state index contributed by atoms with van der Waals surface area (Å²) in [5.74, 6) is -0.156. The van der Waals surface area contributed by atoms with E-state index in [1.807, 2.05) is 24.0 Å². The summed E-state index contributed by atoms with van der Waals surface area (Å²) in [4.78, 5) is 14.8. The van der Waals surface area contributed by atoms with Gasteiger partial charge in [0.1, 0.15) is 0 Å². The molecule has 1 aromatic carbocycles. The lowest BCUT2D eigenvalue weighted by atomic mass is 10.1. The van der Waals surface area contributed by atoms with Crippen LogP contribution < -0.4 is 0 Å². The molecular weight excluding hydrogens is 334 g/mol. The van der Waals surface area contributed by atoms with E-state index < -0.39 is 9.84 Å². The van der Waals surface area contributed by atoms with E-state index >= 15 is 0 Å². The monoisotopic (exact) mass is 365 g/mol. The molecule has 0 saturated carbocycles. The van der Waals surface area contributed by atoms with Gasteiger partial charge in [0.05, 0.1) is 10.6 Å². The molecule has 0 aliphatic heterocycles. The number of amides is 1. The van der Waals surface area contributed by atoms with Crippen LogP contribution in [0.5, 0.6) is 0 Å². The second-order valence-electron chi connectivity index (χ2n) is 7.05. The molecular formula is C20H31NO3S. The Morgan fingerprint density at radius 1 is 1.20 bits per heavy atom. The number of rotatable bonds is 9. The van der Waals surface area contributed by atoms with E-state index in [4.69, 9.17) is 0 Å². The second-order valence-corrected chi connectivity index (χ2v) is 9.16. The Labute approximate surface area is 152 Å². The van der Waals surface area contributed by atoms with E-state index in [1.165, 1.54) is 5.56 Å². The van der Waals surface area contributed by atoms with Crippen LogP contribution >= 0.6 is 0 Å². The van der Waals surface area contributed by atoms with Crippen LogP contribution in [-0.2, 0) is 27.5 Å². The van der Waals surface area contributed by atoms with Crippen LogP contribution in [0.4, 0.5) is 0 Å². The predicted molar refractivity (Wildman–Crippen MR) is 102 cm³/mol. The van der Waals surface area contributed by atoms with E-state index in [0.29, 0.717) is 11.4 Å². The standard InChI is InChI=1S/C20H31NO3S/c1-4-6-13-21(16(3)5-2)20(22)12-14-25(23,24)19-11-10-17-8-7-9-18(17)15-19/h10-11,15-16H,4-9,12-14H2,1-3H3. The maximum Gasteiger partial charge on any atom is 0.223 e. The van der Waals surface area contributed by atoms with Crippen molar-refractivity contribution in [3.63, 3.8) is 0 Å². The van der Waals surface area contributed by atoms with Crippen LogP contribution in [0.2, 0.25) is 0 Å². The highest BCUT2D eigenvalue weighted by Crippen LogP contribution is 2.25. The lowest BCUT2D eigenvalue weighted by molar-refractivity contribution is -0.132. The van der Waals surface area contributed by atoms with Gasteiger partial charge in [0.2, 0.25) is 5.91 Å². The van der Waals surface area contributed by atoms with Gasteiger partial charge in [-0.1, -0.05) is 26.3 Å². The summed E-state index contributed by atoms with van der Waals surface area (Å²) in [6.07, 6.45) is 6.01. The average Bonchev–Trinajstić information content (AvgIpc) is 3.07. The third-order valence-corrected chi connectivity index (χ3v) is 6.92. The first kappa shape index (κ1) is 20.0. The smallest absolute Gasteiger partial charge is 0.223 e. The van der Waals surface area contributed by atoms with Gasteiger partial charge in [-0.15, -0.1) is 0 Å². The molecule has 1 aliphatic rings. The van der Waals surface area contributed by atoms with Crippen molar-refractivity contribution in [3.05, 3.63) is 29.3 Å². The van der Waals surface area contributed by atoms with E-state index in [1.54, 1.807) is 6.07 Å². The number of fused-ring (bicyclic) bond motifs is 1. The Kier molecular flexibility index (Phi) is 7.05. The molecule has 0 aromatic heterocycles. The van der Waals surface area contributed by atoms with Gasteiger partial charge < -0.3 is 4.90 Å². The molecule has 1 aromatic rings. The molecule has 0 spiro atoms. The van der Waals surface area contributed by atoms with Crippen LogP contribution in [0, 0.1) is 0 Å². The zero-order chi connectivity index (χ0) is 18.4. The Bertz CT molecular complexity index is 697. The number of nitrogens with zero attached hydrogens (tertiary/aromatic N) is 1. The molecule has 0 N–H and O–H groups in total. The predicted octanol–water partition coefficient (Wildman–Crippen LogP) is 3.77. The fourth-order valence-corrected chi connectivity index (χ4v) is 4.64. The SMILES string of the molecule is CCCCN(C(=O)CCS(=O)(=O)c1ccc2c(c1)CCC2)C(C)CC. The van der Waals surface area contributed by atoms with Gasteiger partial charge >= 0.3 is 0 Å². The normalized spacial score (nSPS) is 15.0. The molecule has 2 rings (SSSR count). The number of carbonyl (C=O) groups excluding carboxylic acids is 1. The summed E-state index contributed by atoms with van der Waals surface area (Å²) in [6.45, 7) is 6.89. The van der Waals surface area contributed by atoms with Crippen LogP contribution in [0.3, 0.4) is 0 Å². The molecule has 1 unspecified atom stereocenters. The van der Waals surface area contributed by atoms with Gasteiger partial charge in [-0.3, -0.25) is 4.79 Å². The van der Waals surface area contributed by atoms with Crippen molar-refractivity contribution in [2.75, 3.05) is 12.3 Å². The number of aryl methyl sites for hydroxylation is 2. The fraction of sp³-hybridized carbons (Fsp3) is 0.650. The molecule has 4 nitrogen and oxygen atoms in total. The highest BCUT2D eigenvalue weighted by molar-refractivity contribution is 7.91. The first-order chi connectivity index (χ1) is 11.9. The van der Waals surface area contributed by atoms with Gasteiger partial charge in [0, 0.05) is 19.0 Å². The summed E-state index contributed by atoms with van der Waals surface area (Å²) < 4.78 is 25.3. The molecule has 1 atom stereocenters. The van der Waals surface area contributed by atoms with Crippen molar-refractivity contribution in [1.29, 1.82) is 0 Å². The largest absolute Gasteiger partial charge is 0.340 e. The molecule has 1 amide bonds. The molecule has 0 bridgehead atoms. The van der Waals surface area contributed by atoms with E-state index in [0.717, 1.165) is 44.1 Å². The quantitative estimate of drug-likeness (QED) is 0.669. The van der Waals surface area contributed by atoms with Crippen molar-refractivity contribution in [2.24, 2.45) is 0 Å². The van der Waals surface area contributed by atoms with Gasteiger partial charge in [-0.05, 0) is 62.3 Å². The second kappa shape index (κ2) is 8.84. The van der Waals surface area contributed by atoms with E-state index in [2.05, 4.69) is 13.8 Å². The molecule has 5 heteroatoms. The van der Waals surface area contributed by atoms with Crippen LogP contribution in [-0.4, -0.2) is 37.6 Å². The van der Waals surface area contributed by atoms with E-state index in [9.17, 15) is 13.2 Å². The van der Waals surface area contributed by atoms with Crippen LogP contribution in [0.1, 0.15) is 64.0 Å². The van der Waals surface area contributed by atoms with Crippen molar-refractivity contribution in [1.82, 2.24) is 4.90 Å². The Morgan fingerprint density at radius 2 is 1.92 bits per heavy atom. The molecule has 0 heterocycles. The molecule has 0 fully saturated rings. The number of hydrogen-bond acceptors (Lipinski definition) is 3. The molecule has 25 heavy (non-hydrogen) atoms. The highest BCUT2D eigenvalue weighted by Gasteiger charge is 2.23. The molecule has 140 valence electrons. The van der Waals surface area contributed by atoms with Gasteiger partial charge in [-0.2, -0.15) is 0 Å². The van der Waals surface area contributed by atoms with Gasteiger partial charge in [-0.25, -0.2) is 8.42 Å². The van der Waals surface area contributed by atoms with Crippen LogP contribution in [0.15, 0.2) is 23.1 Å². The Morgan fingerprint density at radius 3 is 2.60 bits per heavy atom. The summed E-state index contributed by atoms with van der Waals surface area (Å²) in [5, 5.41) is 0. The summed E-state index contributed by atoms with van der Waals surface area (Å²) in [6, 6.07) is 5.60. The number of hydrogen-bond donors (Lipinski definition) is 0. The summed E-state index contributed by atoms with van der Waals surface area (Å²) in [5.41, 5.74) is 2.41. The summed E-state index contributed by atoms with van der Waals surface area (Å²) >= 11 is 0. The average molecular weight is 366 g/mol. The third kappa shape index (κ3) is 5.06. The first-order valence-electron chi connectivity index (χ1n) is 9.53. The lowest BCUT2D eigenvalue weighted by Crippen LogP contribution is -2.39. The number of sulfone groups is 1. The maximum atomic E-state index is 12.6. The van der Waals surface area contributed by atoms with Crippen LogP contribution in [0.25, 0.3) is 0 Å². The third-order valence-electron chi connectivity index (χ3n) is 5.21. The summed E-state index contributed by atoms with van der Waals surface area (Å²) in [7, 11) is -3.41. The first-order valence-corrected chi connectivity index (χ1v) is 11.2. The lowest BCUT2D eigenvalue weighted by Gasteiger charge is -2.28. The van der Waals surface area contributed by atoms with Gasteiger partial charge in [0.15, 0.2) is 9.84 Å². The molecule has 0 radical (unpaired) electrons. The highest BCUT2D eigenvalue weighted by atomic mass is 32.2. The van der Waals surface area contributed by atoms with Crippen molar-refractivity contribution in [2.45, 2.75) is 76.7 Å². The Hall–Kier alpha value is -1.36. The minimum absolute atomic E-state index is 0.0486. The topological polar surface area (TPSA) is 54.5 Å². The van der Waals surface area contributed by atoms with Crippen molar-refractivity contribution in [3.8, 4) is 0 Å². The maximum absolute atomic E-state index is 12.6. The van der Waals surface area contributed by atoms with Crippen molar-refractivity contribution < 1.29 is 13.2 Å². The Balaban J connectivity index is 2.03. The number of benzene rings is 1. The molecule has 1 aliphatic carbocycles. The van der Waals surface area contributed by atoms with E-state index in [-0.39, 0.29) is 24.1 Å². The minimum atomic E-state index is -3.41. The van der Waals surface area contributed by atoms with Crippen molar-refractivity contribution >= 4 is 15.7 Å². The van der Waals surface area contributed by atoms with Gasteiger partial charge in [0.25, 0.3) is 0 Å².